The van der Waals surface area contributed by atoms with Crippen molar-refractivity contribution in [1.82, 2.24) is 4.98 Å². The van der Waals surface area contributed by atoms with Gasteiger partial charge in [0.1, 0.15) is 0 Å². The van der Waals surface area contributed by atoms with Crippen LogP contribution in [0.25, 0.3) is 21.7 Å². The molecule has 8 heteroatoms. The molecule has 0 fully saturated rings. The van der Waals surface area contributed by atoms with Crippen molar-refractivity contribution in [2.45, 2.75) is 0 Å². The molecule has 0 bridgehead atoms. The predicted molar refractivity (Wildman–Crippen MR) is 123 cm³/mol. The number of anilines is 3. The maximum absolute atomic E-state index is 12.6. The minimum atomic E-state index is -0.261. The molecule has 0 atom stereocenters. The molecule has 3 aromatic carbocycles. The molecule has 0 aliphatic heterocycles. The number of fused-ring (bicyclic) bond motifs is 3. The van der Waals surface area contributed by atoms with E-state index in [4.69, 9.17) is 41.2 Å². The Balaban J connectivity index is 1.73. The van der Waals surface area contributed by atoms with E-state index in [0.29, 0.717) is 32.5 Å². The molecule has 140 valence electrons. The van der Waals surface area contributed by atoms with Crippen LogP contribution < -0.4 is 21.9 Å². The Labute approximate surface area is 175 Å². The van der Waals surface area contributed by atoms with Gasteiger partial charge in [0.25, 0.3) is 5.56 Å². The number of nitrogens with one attached hydrogen (secondary N) is 3. The first-order valence-electron chi connectivity index (χ1n) is 8.31. The van der Waals surface area contributed by atoms with Crippen molar-refractivity contribution in [1.29, 1.82) is 0 Å². The van der Waals surface area contributed by atoms with Gasteiger partial charge >= 0.3 is 0 Å². The third kappa shape index (κ3) is 3.26. The SMILES string of the molecule is Nc1c(NC(=S)Nc2c(Cl)cccc2Cl)ccc2c1c(=O)[nH]c1ccccc12. The van der Waals surface area contributed by atoms with E-state index in [1.54, 1.807) is 24.3 Å². The molecule has 0 saturated heterocycles. The average Bonchev–Trinajstić information content (AvgIpc) is 2.67. The summed E-state index contributed by atoms with van der Waals surface area (Å²) in [5.41, 5.74) is 8.09. The Hall–Kier alpha value is -2.80. The van der Waals surface area contributed by atoms with Gasteiger partial charge in [-0.3, -0.25) is 4.79 Å². The summed E-state index contributed by atoms with van der Waals surface area (Å²) in [5, 5.41) is 9.18. The van der Waals surface area contributed by atoms with Crippen molar-refractivity contribution in [3.63, 3.8) is 0 Å². The molecule has 0 radical (unpaired) electrons. The van der Waals surface area contributed by atoms with Crippen molar-refractivity contribution < 1.29 is 0 Å². The highest BCUT2D eigenvalue weighted by atomic mass is 35.5. The lowest BCUT2D eigenvalue weighted by molar-refractivity contribution is 1.34. The summed E-state index contributed by atoms with van der Waals surface area (Å²) < 4.78 is 0. The molecule has 0 aliphatic rings. The molecule has 0 spiro atoms. The maximum atomic E-state index is 12.6. The minimum absolute atomic E-state index is 0.248. The molecular weight excluding hydrogens is 415 g/mol. The number of hydrogen-bond donors (Lipinski definition) is 4. The first-order chi connectivity index (χ1) is 13.5. The third-order valence-electron chi connectivity index (χ3n) is 4.39. The number of benzene rings is 3. The van der Waals surface area contributed by atoms with Crippen LogP contribution in [0.15, 0.2) is 59.4 Å². The topological polar surface area (TPSA) is 82.9 Å². The van der Waals surface area contributed by atoms with E-state index in [9.17, 15) is 4.79 Å². The van der Waals surface area contributed by atoms with Gasteiger partial charge < -0.3 is 21.4 Å². The van der Waals surface area contributed by atoms with Gasteiger partial charge in [-0.15, -0.1) is 0 Å². The number of thiocarbonyl (C=S) groups is 1. The largest absolute Gasteiger partial charge is 0.396 e. The highest BCUT2D eigenvalue weighted by molar-refractivity contribution is 7.80. The van der Waals surface area contributed by atoms with Crippen molar-refractivity contribution in [2.24, 2.45) is 0 Å². The van der Waals surface area contributed by atoms with E-state index in [1.165, 1.54) is 0 Å². The lowest BCUT2D eigenvalue weighted by Crippen LogP contribution is -2.21. The Morgan fingerprint density at radius 1 is 0.929 bits per heavy atom. The van der Waals surface area contributed by atoms with Gasteiger partial charge in [-0.2, -0.15) is 0 Å². The number of nitrogens with two attached hydrogens (primary N) is 1. The molecule has 4 rings (SSSR count). The van der Waals surface area contributed by atoms with Gasteiger partial charge in [0, 0.05) is 10.9 Å². The molecule has 28 heavy (non-hydrogen) atoms. The molecule has 4 aromatic rings. The summed E-state index contributed by atoms with van der Waals surface area (Å²) in [4.78, 5) is 15.4. The number of H-pyrrole nitrogens is 1. The molecule has 5 nitrogen and oxygen atoms in total. The Morgan fingerprint density at radius 2 is 1.64 bits per heavy atom. The van der Waals surface area contributed by atoms with Crippen LogP contribution in [0.1, 0.15) is 0 Å². The van der Waals surface area contributed by atoms with Crippen LogP contribution in [-0.4, -0.2) is 10.1 Å². The number of aromatic nitrogens is 1. The fraction of sp³-hybridized carbons (Fsp3) is 0. The van der Waals surface area contributed by atoms with Gasteiger partial charge in [0.15, 0.2) is 5.11 Å². The van der Waals surface area contributed by atoms with Crippen molar-refractivity contribution >= 4 is 79.3 Å². The Morgan fingerprint density at radius 3 is 2.39 bits per heavy atom. The summed E-state index contributed by atoms with van der Waals surface area (Å²) >= 11 is 17.7. The van der Waals surface area contributed by atoms with Gasteiger partial charge in [0.2, 0.25) is 0 Å². The first kappa shape index (κ1) is 18.6. The van der Waals surface area contributed by atoms with Crippen LogP contribution in [0.4, 0.5) is 17.1 Å². The summed E-state index contributed by atoms with van der Waals surface area (Å²) in [6.07, 6.45) is 0. The second-order valence-corrected chi connectivity index (χ2v) is 7.35. The summed E-state index contributed by atoms with van der Waals surface area (Å²) in [5.74, 6) is 0. The monoisotopic (exact) mass is 428 g/mol. The highest BCUT2D eigenvalue weighted by Crippen LogP contribution is 2.32. The van der Waals surface area contributed by atoms with Crippen LogP contribution >= 0.6 is 35.4 Å². The number of aromatic amines is 1. The average molecular weight is 429 g/mol. The van der Waals surface area contributed by atoms with Gasteiger partial charge in [-0.05, 0) is 41.9 Å². The normalized spacial score (nSPS) is 10.9. The predicted octanol–water partition coefficient (Wildman–Crippen LogP) is 5.38. The second-order valence-electron chi connectivity index (χ2n) is 6.12. The summed E-state index contributed by atoms with van der Waals surface area (Å²) in [6.45, 7) is 0. The smallest absolute Gasteiger partial charge is 0.258 e. The van der Waals surface area contributed by atoms with E-state index in [2.05, 4.69) is 15.6 Å². The number of rotatable bonds is 2. The van der Waals surface area contributed by atoms with E-state index in [0.717, 1.165) is 16.3 Å². The molecule has 5 N–H and O–H groups in total. The molecule has 1 aromatic heterocycles. The zero-order chi connectivity index (χ0) is 19.8. The second kappa shape index (κ2) is 7.31. The van der Waals surface area contributed by atoms with E-state index in [1.807, 2.05) is 30.3 Å². The van der Waals surface area contributed by atoms with Crippen molar-refractivity contribution in [3.05, 3.63) is 75.0 Å². The highest BCUT2D eigenvalue weighted by Gasteiger charge is 2.13. The van der Waals surface area contributed by atoms with Crippen LogP contribution in [0, 0.1) is 0 Å². The lowest BCUT2D eigenvalue weighted by atomic mass is 10.0. The molecule has 1 heterocycles. The third-order valence-corrected chi connectivity index (χ3v) is 5.22. The number of para-hydroxylation sites is 2. The summed E-state index contributed by atoms with van der Waals surface area (Å²) in [7, 11) is 0. The van der Waals surface area contributed by atoms with Gasteiger partial charge in [-0.1, -0.05) is 53.5 Å². The molecular formula is C20H14Cl2N4OS. The van der Waals surface area contributed by atoms with Gasteiger partial charge in [0.05, 0.1) is 32.5 Å². The quantitative estimate of drug-likeness (QED) is 0.195. The van der Waals surface area contributed by atoms with Gasteiger partial charge in [-0.25, -0.2) is 0 Å². The molecule has 0 amide bonds. The van der Waals surface area contributed by atoms with E-state index >= 15 is 0 Å². The van der Waals surface area contributed by atoms with E-state index in [-0.39, 0.29) is 10.7 Å². The summed E-state index contributed by atoms with van der Waals surface area (Å²) in [6, 6.07) is 16.3. The van der Waals surface area contributed by atoms with Crippen LogP contribution in [0.3, 0.4) is 0 Å². The Bertz CT molecular complexity index is 1280. The fourth-order valence-electron chi connectivity index (χ4n) is 3.09. The molecule has 0 saturated carbocycles. The van der Waals surface area contributed by atoms with Crippen molar-refractivity contribution in [3.8, 4) is 0 Å². The standard InChI is InChI=1S/C20H14Cl2N4OS/c21-12-5-3-6-13(22)18(12)26-20(28)25-15-9-8-11-10-4-1-2-7-14(10)24-19(27)16(11)17(15)23/h1-9H,23H2,(H,24,27)(H2,25,26,28). The molecule has 0 unspecified atom stereocenters. The maximum Gasteiger partial charge on any atom is 0.258 e. The van der Waals surface area contributed by atoms with Crippen LogP contribution in [-0.2, 0) is 0 Å². The van der Waals surface area contributed by atoms with E-state index < -0.39 is 0 Å². The van der Waals surface area contributed by atoms with Crippen LogP contribution in [0.5, 0.6) is 0 Å². The number of hydrogen-bond acceptors (Lipinski definition) is 3. The Kier molecular flexibility index (Phi) is 4.85. The number of nitrogen functional groups attached to an aromatic ring is 1. The number of pyridine rings is 1. The zero-order valence-corrected chi connectivity index (χ0v) is 16.7. The zero-order valence-electron chi connectivity index (χ0n) is 14.3. The lowest BCUT2D eigenvalue weighted by Gasteiger charge is -2.15. The fourth-order valence-corrected chi connectivity index (χ4v) is 3.80. The number of halogens is 2. The van der Waals surface area contributed by atoms with Crippen LogP contribution in [0.2, 0.25) is 10.0 Å². The minimum Gasteiger partial charge on any atom is -0.396 e. The van der Waals surface area contributed by atoms with Crippen molar-refractivity contribution in [2.75, 3.05) is 16.4 Å². The first-order valence-corrected chi connectivity index (χ1v) is 9.47. The molecule has 0 aliphatic carbocycles.